The van der Waals surface area contributed by atoms with Crippen LogP contribution in [0.2, 0.25) is 10.0 Å². The number of ether oxygens (including phenoxy) is 1. The van der Waals surface area contributed by atoms with Crippen molar-refractivity contribution in [2.45, 2.75) is 6.61 Å². The van der Waals surface area contributed by atoms with Gasteiger partial charge in [-0.3, -0.25) is 4.79 Å². The molecule has 2 aromatic rings. The molecule has 20 heavy (non-hydrogen) atoms. The number of carbonyl (C=O) groups excluding carboxylic acids is 2. The predicted molar refractivity (Wildman–Crippen MR) is 77.0 cm³/mol. The van der Waals surface area contributed by atoms with Gasteiger partial charge in [-0.25, -0.2) is 4.79 Å². The quantitative estimate of drug-likeness (QED) is 0.488. The van der Waals surface area contributed by atoms with Gasteiger partial charge in [0.15, 0.2) is 0 Å². The first-order valence-electron chi connectivity index (χ1n) is 5.78. The number of Topliss-reactive ketones (excluding diaryl/α,β-unsaturated/α-hetero) is 1. The second-order valence-corrected chi connectivity index (χ2v) is 4.86. The van der Waals surface area contributed by atoms with Crippen molar-refractivity contribution in [3.8, 4) is 0 Å². The highest BCUT2D eigenvalue weighted by molar-refractivity contribution is 6.46. The summed E-state index contributed by atoms with van der Waals surface area (Å²) in [4.78, 5) is 23.6. The second-order valence-electron chi connectivity index (χ2n) is 4.02. The zero-order chi connectivity index (χ0) is 14.5. The SMILES string of the molecule is O=C(OCc1ccccc1)C(=O)c1ccc(Cl)cc1Cl. The van der Waals surface area contributed by atoms with Gasteiger partial charge >= 0.3 is 5.97 Å². The van der Waals surface area contributed by atoms with E-state index in [0.717, 1.165) is 5.56 Å². The molecule has 0 aromatic heterocycles. The van der Waals surface area contributed by atoms with Crippen molar-refractivity contribution in [1.29, 1.82) is 0 Å². The van der Waals surface area contributed by atoms with E-state index in [9.17, 15) is 9.59 Å². The molecule has 0 fully saturated rings. The minimum Gasteiger partial charge on any atom is -0.455 e. The van der Waals surface area contributed by atoms with Crippen LogP contribution in [0.25, 0.3) is 0 Å². The molecule has 5 heteroatoms. The predicted octanol–water partition coefficient (Wildman–Crippen LogP) is 3.92. The van der Waals surface area contributed by atoms with Crippen LogP contribution in [0.3, 0.4) is 0 Å². The van der Waals surface area contributed by atoms with E-state index in [1.807, 2.05) is 18.2 Å². The number of benzene rings is 2. The summed E-state index contributed by atoms with van der Waals surface area (Å²) < 4.78 is 4.95. The molecular formula is C15H10Cl2O3. The third-order valence-corrected chi connectivity index (χ3v) is 3.12. The first kappa shape index (κ1) is 14.6. The van der Waals surface area contributed by atoms with Crippen molar-refractivity contribution in [3.05, 3.63) is 69.7 Å². The maximum atomic E-state index is 11.9. The van der Waals surface area contributed by atoms with E-state index in [-0.39, 0.29) is 17.2 Å². The molecule has 0 spiro atoms. The summed E-state index contributed by atoms with van der Waals surface area (Å²) in [5.74, 6) is -1.74. The summed E-state index contributed by atoms with van der Waals surface area (Å²) >= 11 is 11.6. The summed E-state index contributed by atoms with van der Waals surface area (Å²) in [7, 11) is 0. The van der Waals surface area contributed by atoms with Crippen LogP contribution < -0.4 is 0 Å². The fraction of sp³-hybridized carbons (Fsp3) is 0.0667. The van der Waals surface area contributed by atoms with Crippen LogP contribution in [0.1, 0.15) is 15.9 Å². The number of hydrogen-bond acceptors (Lipinski definition) is 3. The van der Waals surface area contributed by atoms with Crippen LogP contribution in [-0.2, 0) is 16.1 Å². The van der Waals surface area contributed by atoms with Gasteiger partial charge in [-0.2, -0.15) is 0 Å². The van der Waals surface area contributed by atoms with E-state index in [2.05, 4.69) is 0 Å². The highest BCUT2D eigenvalue weighted by Crippen LogP contribution is 2.21. The van der Waals surface area contributed by atoms with E-state index in [1.54, 1.807) is 12.1 Å². The molecule has 0 saturated carbocycles. The number of rotatable bonds is 4. The van der Waals surface area contributed by atoms with Crippen molar-refractivity contribution < 1.29 is 14.3 Å². The van der Waals surface area contributed by atoms with Crippen LogP contribution in [-0.4, -0.2) is 11.8 Å². The van der Waals surface area contributed by atoms with Crippen LogP contribution in [0, 0.1) is 0 Å². The first-order chi connectivity index (χ1) is 9.58. The Kier molecular flexibility index (Phi) is 4.77. The average Bonchev–Trinajstić information content (AvgIpc) is 2.45. The van der Waals surface area contributed by atoms with Crippen molar-refractivity contribution in [2.24, 2.45) is 0 Å². The molecule has 2 rings (SSSR count). The topological polar surface area (TPSA) is 43.4 Å². The maximum absolute atomic E-state index is 11.9. The summed E-state index contributed by atoms with van der Waals surface area (Å²) in [6.45, 7) is 0.0383. The third-order valence-electron chi connectivity index (χ3n) is 2.57. The monoisotopic (exact) mass is 308 g/mol. The molecule has 0 aliphatic rings. The van der Waals surface area contributed by atoms with Crippen LogP contribution in [0.5, 0.6) is 0 Å². The van der Waals surface area contributed by atoms with Crippen molar-refractivity contribution >= 4 is 35.0 Å². The molecule has 0 aliphatic heterocycles. The lowest BCUT2D eigenvalue weighted by Gasteiger charge is -2.05. The minimum atomic E-state index is -0.946. The number of ketones is 1. The number of halogens is 2. The van der Waals surface area contributed by atoms with Gasteiger partial charge in [-0.15, -0.1) is 0 Å². The number of carbonyl (C=O) groups is 2. The number of hydrogen-bond donors (Lipinski definition) is 0. The zero-order valence-electron chi connectivity index (χ0n) is 10.3. The Balaban J connectivity index is 2.04. The molecule has 0 unspecified atom stereocenters. The molecular weight excluding hydrogens is 299 g/mol. The van der Waals surface area contributed by atoms with Crippen LogP contribution in [0.15, 0.2) is 48.5 Å². The highest BCUT2D eigenvalue weighted by atomic mass is 35.5. The molecule has 0 radical (unpaired) electrons. The summed E-state index contributed by atoms with van der Waals surface area (Å²) in [6.07, 6.45) is 0. The molecule has 2 aromatic carbocycles. The minimum absolute atomic E-state index is 0.0383. The average molecular weight is 309 g/mol. The molecule has 0 N–H and O–H groups in total. The molecule has 0 bridgehead atoms. The lowest BCUT2D eigenvalue weighted by molar-refractivity contribution is -0.139. The molecule has 0 atom stereocenters. The Bertz CT molecular complexity index is 639. The van der Waals surface area contributed by atoms with Gasteiger partial charge in [0.25, 0.3) is 5.78 Å². The van der Waals surface area contributed by atoms with Crippen molar-refractivity contribution in [1.82, 2.24) is 0 Å². The normalized spacial score (nSPS) is 10.1. The Morgan fingerprint density at radius 2 is 1.70 bits per heavy atom. The van der Waals surface area contributed by atoms with Crippen LogP contribution in [0.4, 0.5) is 0 Å². The largest absolute Gasteiger partial charge is 0.455 e. The van der Waals surface area contributed by atoms with Gasteiger partial charge < -0.3 is 4.74 Å². The lowest BCUT2D eigenvalue weighted by Crippen LogP contribution is -2.17. The van der Waals surface area contributed by atoms with E-state index in [0.29, 0.717) is 5.02 Å². The zero-order valence-corrected chi connectivity index (χ0v) is 11.8. The fourth-order valence-electron chi connectivity index (χ4n) is 1.57. The molecule has 0 heterocycles. The fourth-order valence-corrected chi connectivity index (χ4v) is 2.07. The van der Waals surface area contributed by atoms with Gasteiger partial charge in [0.1, 0.15) is 6.61 Å². The Morgan fingerprint density at radius 1 is 1.00 bits per heavy atom. The molecule has 102 valence electrons. The number of esters is 1. The molecule has 0 aliphatic carbocycles. The van der Waals surface area contributed by atoms with Gasteiger partial charge in [0, 0.05) is 10.6 Å². The Hall–Kier alpha value is -1.84. The summed E-state index contributed by atoms with van der Waals surface area (Å²) in [5.41, 5.74) is 0.880. The smallest absolute Gasteiger partial charge is 0.380 e. The van der Waals surface area contributed by atoms with E-state index in [1.165, 1.54) is 18.2 Å². The first-order valence-corrected chi connectivity index (χ1v) is 6.54. The van der Waals surface area contributed by atoms with E-state index >= 15 is 0 Å². The van der Waals surface area contributed by atoms with Gasteiger partial charge in [-0.05, 0) is 23.8 Å². The van der Waals surface area contributed by atoms with Gasteiger partial charge in [0.2, 0.25) is 0 Å². The highest BCUT2D eigenvalue weighted by Gasteiger charge is 2.20. The van der Waals surface area contributed by atoms with E-state index < -0.39 is 11.8 Å². The molecule has 0 saturated heterocycles. The van der Waals surface area contributed by atoms with Crippen molar-refractivity contribution in [3.63, 3.8) is 0 Å². The van der Waals surface area contributed by atoms with Crippen molar-refractivity contribution in [2.75, 3.05) is 0 Å². The van der Waals surface area contributed by atoms with Gasteiger partial charge in [-0.1, -0.05) is 53.5 Å². The van der Waals surface area contributed by atoms with Crippen LogP contribution >= 0.6 is 23.2 Å². The Labute approximate surface area is 126 Å². The second kappa shape index (κ2) is 6.55. The molecule has 3 nitrogen and oxygen atoms in total. The summed E-state index contributed by atoms with van der Waals surface area (Å²) in [5, 5.41) is 0.517. The summed E-state index contributed by atoms with van der Waals surface area (Å²) in [6, 6.07) is 13.4. The lowest BCUT2D eigenvalue weighted by atomic mass is 10.1. The maximum Gasteiger partial charge on any atom is 0.380 e. The Morgan fingerprint density at radius 3 is 2.35 bits per heavy atom. The standard InChI is InChI=1S/C15H10Cl2O3/c16-11-6-7-12(13(17)8-11)14(18)15(19)20-9-10-4-2-1-3-5-10/h1-8H,9H2. The van der Waals surface area contributed by atoms with E-state index in [4.69, 9.17) is 27.9 Å². The van der Waals surface area contributed by atoms with Gasteiger partial charge in [0.05, 0.1) is 5.02 Å². The molecule has 0 amide bonds. The third kappa shape index (κ3) is 3.59.